The predicted octanol–water partition coefficient (Wildman–Crippen LogP) is 5.31. The van der Waals surface area contributed by atoms with E-state index in [0.717, 1.165) is 5.56 Å². The largest absolute Gasteiger partial charge is 0.364 e. The van der Waals surface area contributed by atoms with E-state index < -0.39 is 16.2 Å². The Balaban J connectivity index is 1.86. The fraction of sp³-hybridized carbons (Fsp3) is 0.100. The summed E-state index contributed by atoms with van der Waals surface area (Å²) in [5.41, 5.74) is 2.05. The number of halogens is 2. The maximum atomic E-state index is 13.4. The minimum atomic E-state index is -3.74. The number of benzene rings is 3. The van der Waals surface area contributed by atoms with Crippen LogP contribution in [0.4, 0.5) is 5.69 Å². The molecule has 138 valence electrons. The lowest BCUT2D eigenvalue weighted by Gasteiger charge is -2.37. The van der Waals surface area contributed by atoms with Crippen LogP contribution in [0.25, 0.3) is 0 Å². The molecule has 0 saturated carbocycles. The Morgan fingerprint density at radius 3 is 2.44 bits per heavy atom. The molecular formula is C20H16Cl2N2O2S. The summed E-state index contributed by atoms with van der Waals surface area (Å²) < 4.78 is 28.2. The zero-order valence-electron chi connectivity index (χ0n) is 14.1. The lowest BCUT2D eigenvalue weighted by molar-refractivity contribution is 0.336. The van der Waals surface area contributed by atoms with Crippen molar-refractivity contribution in [1.29, 1.82) is 0 Å². The van der Waals surface area contributed by atoms with Gasteiger partial charge in [0.15, 0.2) is 0 Å². The molecule has 0 spiro atoms. The van der Waals surface area contributed by atoms with Crippen LogP contribution in [-0.2, 0) is 16.6 Å². The molecule has 1 aliphatic rings. The van der Waals surface area contributed by atoms with Crippen molar-refractivity contribution in [3.8, 4) is 0 Å². The van der Waals surface area contributed by atoms with E-state index in [1.54, 1.807) is 48.5 Å². The van der Waals surface area contributed by atoms with Crippen LogP contribution in [0.2, 0.25) is 10.0 Å². The third kappa shape index (κ3) is 3.44. The molecule has 1 atom stereocenters. The topological polar surface area (TPSA) is 49.4 Å². The minimum absolute atomic E-state index is 0.167. The first kappa shape index (κ1) is 18.3. The molecule has 3 aromatic rings. The van der Waals surface area contributed by atoms with E-state index in [-0.39, 0.29) is 11.4 Å². The molecule has 1 N–H and O–H groups in total. The number of hydrogen-bond donors (Lipinski definition) is 1. The number of anilines is 1. The van der Waals surface area contributed by atoms with Crippen LogP contribution >= 0.6 is 23.2 Å². The van der Waals surface area contributed by atoms with Gasteiger partial charge in [0.1, 0.15) is 11.1 Å². The molecule has 27 heavy (non-hydrogen) atoms. The highest BCUT2D eigenvalue weighted by molar-refractivity contribution is 7.89. The Labute approximate surface area is 168 Å². The first-order chi connectivity index (χ1) is 13.0. The second-order valence-corrected chi connectivity index (χ2v) is 8.95. The van der Waals surface area contributed by atoms with E-state index in [2.05, 4.69) is 5.32 Å². The maximum absolute atomic E-state index is 13.4. The number of rotatable bonds is 3. The average molecular weight is 419 g/mol. The molecule has 0 amide bonds. The summed E-state index contributed by atoms with van der Waals surface area (Å²) >= 11 is 12.5. The van der Waals surface area contributed by atoms with Gasteiger partial charge in [-0.15, -0.1) is 0 Å². The lowest BCUT2D eigenvalue weighted by atomic mass is 10.1. The fourth-order valence-electron chi connectivity index (χ4n) is 3.22. The van der Waals surface area contributed by atoms with Gasteiger partial charge in [-0.2, -0.15) is 4.31 Å². The van der Waals surface area contributed by atoms with E-state index in [0.29, 0.717) is 21.3 Å². The average Bonchev–Trinajstić information content (AvgIpc) is 2.65. The van der Waals surface area contributed by atoms with E-state index in [1.807, 2.05) is 24.3 Å². The molecule has 1 aliphatic heterocycles. The van der Waals surface area contributed by atoms with E-state index in [9.17, 15) is 8.42 Å². The SMILES string of the molecule is O=S1(=O)c2ccccc2N[C@H](c2ccccc2Cl)N1Cc1cccc(Cl)c1. The van der Waals surface area contributed by atoms with Gasteiger partial charge in [-0.05, 0) is 35.9 Å². The molecule has 0 saturated heterocycles. The number of hydrogen-bond acceptors (Lipinski definition) is 3. The van der Waals surface area contributed by atoms with Crippen LogP contribution in [0.15, 0.2) is 77.7 Å². The molecule has 4 rings (SSSR count). The first-order valence-electron chi connectivity index (χ1n) is 8.33. The van der Waals surface area contributed by atoms with Gasteiger partial charge in [-0.25, -0.2) is 8.42 Å². The number of para-hydroxylation sites is 1. The summed E-state index contributed by atoms with van der Waals surface area (Å²) in [6.45, 7) is 0.167. The lowest BCUT2D eigenvalue weighted by Crippen LogP contribution is -2.42. The van der Waals surface area contributed by atoms with Gasteiger partial charge in [0.2, 0.25) is 10.0 Å². The highest BCUT2D eigenvalue weighted by atomic mass is 35.5. The molecule has 0 aliphatic carbocycles. The predicted molar refractivity (Wildman–Crippen MR) is 108 cm³/mol. The second kappa shape index (κ2) is 7.17. The number of sulfonamides is 1. The number of nitrogens with one attached hydrogen (secondary N) is 1. The summed E-state index contributed by atoms with van der Waals surface area (Å²) in [4.78, 5) is 0.246. The molecule has 4 nitrogen and oxygen atoms in total. The van der Waals surface area contributed by atoms with E-state index >= 15 is 0 Å². The normalized spacial score (nSPS) is 18.5. The third-order valence-corrected chi connectivity index (χ3v) is 6.93. The highest BCUT2D eigenvalue weighted by Crippen LogP contribution is 2.40. The summed E-state index contributed by atoms with van der Waals surface area (Å²) in [6.07, 6.45) is -0.627. The van der Waals surface area contributed by atoms with Crippen molar-refractivity contribution in [3.05, 3.63) is 94.0 Å². The minimum Gasteiger partial charge on any atom is -0.364 e. The van der Waals surface area contributed by atoms with Crippen molar-refractivity contribution in [2.24, 2.45) is 0 Å². The van der Waals surface area contributed by atoms with Crippen molar-refractivity contribution >= 4 is 38.9 Å². The molecule has 0 fully saturated rings. The quantitative estimate of drug-likeness (QED) is 0.626. The smallest absolute Gasteiger partial charge is 0.247 e. The van der Waals surface area contributed by atoms with Crippen LogP contribution in [0.5, 0.6) is 0 Å². The van der Waals surface area contributed by atoms with Crippen LogP contribution in [-0.4, -0.2) is 12.7 Å². The van der Waals surface area contributed by atoms with Crippen molar-refractivity contribution in [1.82, 2.24) is 4.31 Å². The van der Waals surface area contributed by atoms with Crippen LogP contribution in [0.1, 0.15) is 17.3 Å². The van der Waals surface area contributed by atoms with Crippen LogP contribution in [0.3, 0.4) is 0 Å². The van der Waals surface area contributed by atoms with Gasteiger partial charge in [0.25, 0.3) is 0 Å². The van der Waals surface area contributed by atoms with Crippen molar-refractivity contribution < 1.29 is 8.42 Å². The van der Waals surface area contributed by atoms with Gasteiger partial charge in [-0.3, -0.25) is 0 Å². The second-order valence-electron chi connectivity index (χ2n) is 6.24. The van der Waals surface area contributed by atoms with Crippen LogP contribution < -0.4 is 5.32 Å². The molecule has 3 aromatic carbocycles. The zero-order chi connectivity index (χ0) is 19.0. The monoisotopic (exact) mass is 418 g/mol. The van der Waals surface area contributed by atoms with Gasteiger partial charge in [0.05, 0.1) is 5.69 Å². The van der Waals surface area contributed by atoms with Gasteiger partial charge in [0, 0.05) is 22.2 Å². The Kier molecular flexibility index (Phi) is 4.86. The summed E-state index contributed by atoms with van der Waals surface area (Å²) in [6, 6.07) is 21.3. The van der Waals surface area contributed by atoms with Crippen LogP contribution in [0, 0.1) is 0 Å². The molecule has 0 aromatic heterocycles. The molecule has 1 heterocycles. The van der Waals surface area contributed by atoms with Gasteiger partial charge >= 0.3 is 0 Å². The molecule has 7 heteroatoms. The maximum Gasteiger partial charge on any atom is 0.247 e. The van der Waals surface area contributed by atoms with E-state index in [4.69, 9.17) is 23.2 Å². The fourth-order valence-corrected chi connectivity index (χ4v) is 5.34. The molecule has 0 unspecified atom stereocenters. The Hall–Kier alpha value is -2.05. The zero-order valence-corrected chi connectivity index (χ0v) is 16.5. The first-order valence-corrected chi connectivity index (χ1v) is 10.5. The molecule has 0 radical (unpaired) electrons. The molecular weight excluding hydrogens is 403 g/mol. The Morgan fingerprint density at radius 2 is 1.67 bits per heavy atom. The highest BCUT2D eigenvalue weighted by Gasteiger charge is 2.39. The summed E-state index contributed by atoms with van der Waals surface area (Å²) in [7, 11) is -3.74. The van der Waals surface area contributed by atoms with Gasteiger partial charge in [-0.1, -0.05) is 65.7 Å². The Morgan fingerprint density at radius 1 is 0.926 bits per heavy atom. The molecule has 0 bridgehead atoms. The summed E-state index contributed by atoms with van der Waals surface area (Å²) in [5, 5.41) is 4.38. The Bertz CT molecular complexity index is 1100. The van der Waals surface area contributed by atoms with Crippen molar-refractivity contribution in [2.45, 2.75) is 17.6 Å². The number of nitrogens with zero attached hydrogens (tertiary/aromatic N) is 1. The third-order valence-electron chi connectivity index (χ3n) is 4.48. The van der Waals surface area contributed by atoms with Crippen molar-refractivity contribution in [3.63, 3.8) is 0 Å². The standard InChI is InChI=1S/C20H16Cl2N2O2S/c21-15-7-5-6-14(12-15)13-24-20(16-8-1-2-9-17(16)22)23-18-10-3-4-11-19(18)27(24,25)26/h1-12,20,23H,13H2/t20-/m0/s1. The van der Waals surface area contributed by atoms with E-state index in [1.165, 1.54) is 4.31 Å². The summed E-state index contributed by atoms with van der Waals surface area (Å²) in [5.74, 6) is 0. The van der Waals surface area contributed by atoms with Gasteiger partial charge < -0.3 is 5.32 Å². The number of fused-ring (bicyclic) bond motifs is 1. The van der Waals surface area contributed by atoms with Crippen molar-refractivity contribution in [2.75, 3.05) is 5.32 Å².